The van der Waals surface area contributed by atoms with Crippen LogP contribution in [0.4, 0.5) is 22.0 Å². The first-order chi connectivity index (χ1) is 18.2. The predicted molar refractivity (Wildman–Crippen MR) is 134 cm³/mol. The Morgan fingerprint density at radius 2 is 1.50 bits per heavy atom. The Morgan fingerprint density at radius 3 is 2.11 bits per heavy atom. The third-order valence-corrected chi connectivity index (χ3v) is 8.12. The van der Waals surface area contributed by atoms with Crippen molar-refractivity contribution in [2.75, 3.05) is 0 Å². The monoisotopic (exact) mass is 538 g/mol. The van der Waals surface area contributed by atoms with E-state index in [0.29, 0.717) is 43.6 Å². The van der Waals surface area contributed by atoms with Crippen LogP contribution < -0.4 is 4.74 Å². The summed E-state index contributed by atoms with van der Waals surface area (Å²) in [5.41, 5.74) is 0.821. The number of esters is 1. The lowest BCUT2D eigenvalue weighted by atomic mass is 9.70. The second-order valence-corrected chi connectivity index (χ2v) is 10.7. The van der Waals surface area contributed by atoms with Gasteiger partial charge >= 0.3 is 12.1 Å². The van der Waals surface area contributed by atoms with E-state index in [-0.39, 0.29) is 24.5 Å². The Bertz CT molecular complexity index is 1090. The summed E-state index contributed by atoms with van der Waals surface area (Å²) in [6.45, 7) is 2.07. The van der Waals surface area contributed by atoms with Gasteiger partial charge in [0.05, 0.1) is 11.5 Å². The van der Waals surface area contributed by atoms with Crippen LogP contribution >= 0.6 is 0 Å². The molecule has 0 bridgehead atoms. The molecule has 0 atom stereocenters. The quantitative estimate of drug-likeness (QED) is 0.237. The van der Waals surface area contributed by atoms with Crippen molar-refractivity contribution in [3.8, 4) is 5.75 Å². The van der Waals surface area contributed by atoms with Crippen LogP contribution in [0.5, 0.6) is 5.75 Å². The maximum atomic E-state index is 14.7. The van der Waals surface area contributed by atoms with E-state index in [0.717, 1.165) is 49.8 Å². The summed E-state index contributed by atoms with van der Waals surface area (Å²) in [4.78, 5) is 12.6. The number of aryl methyl sites for hydroxylation is 1. The van der Waals surface area contributed by atoms with Crippen molar-refractivity contribution in [3.63, 3.8) is 0 Å². The molecule has 0 radical (unpaired) electrons. The Balaban J connectivity index is 1.22. The molecule has 2 aliphatic rings. The van der Waals surface area contributed by atoms with Crippen molar-refractivity contribution in [1.82, 2.24) is 0 Å². The summed E-state index contributed by atoms with van der Waals surface area (Å²) >= 11 is 0. The van der Waals surface area contributed by atoms with E-state index in [9.17, 15) is 26.7 Å². The second kappa shape index (κ2) is 12.5. The molecule has 208 valence electrons. The Hall–Kier alpha value is -2.64. The summed E-state index contributed by atoms with van der Waals surface area (Å²) in [6.07, 6.45) is 3.81. The Kier molecular flexibility index (Phi) is 9.32. The molecule has 0 unspecified atom stereocenters. The predicted octanol–water partition coefficient (Wildman–Crippen LogP) is 8.64. The van der Waals surface area contributed by atoms with E-state index < -0.39 is 41.2 Å². The lowest BCUT2D eigenvalue weighted by Gasteiger charge is -2.39. The lowest BCUT2D eigenvalue weighted by Crippen LogP contribution is -2.38. The van der Waals surface area contributed by atoms with Gasteiger partial charge in [-0.25, -0.2) is 18.0 Å². The summed E-state index contributed by atoms with van der Waals surface area (Å²) in [5, 5.41) is 0. The fourth-order valence-corrected chi connectivity index (χ4v) is 5.86. The molecule has 0 spiro atoms. The minimum Gasteiger partial charge on any atom is -0.459 e. The summed E-state index contributed by atoms with van der Waals surface area (Å²) in [6, 6.07) is 7.09. The number of alkyl halides is 2. The molecule has 2 fully saturated rings. The van der Waals surface area contributed by atoms with E-state index in [2.05, 4.69) is 6.92 Å². The molecule has 0 aliphatic heterocycles. The lowest BCUT2D eigenvalue weighted by molar-refractivity contribution is -0.224. The standard InChI is InChI=1S/C30H35F5O3/c1-2-3-4-19-5-15-25(27(32)17-19)29(36)37-23-12-8-21(9-13-23)20-6-10-22(11-7-20)30(34,35)38-24-14-16-26(31)28(33)18-24/h5,14-18,20-23H,2-4,6-13H2,1H3. The molecule has 0 heterocycles. The van der Waals surface area contributed by atoms with Gasteiger partial charge in [-0.05, 0) is 106 Å². The zero-order chi connectivity index (χ0) is 27.3. The SMILES string of the molecule is CCCCc1ccc(C(=O)OC2CCC(C3CCC(C(F)(F)Oc4ccc(F)c(F)c4)CC3)CC2)c(F)c1. The van der Waals surface area contributed by atoms with Crippen LogP contribution in [0.25, 0.3) is 0 Å². The van der Waals surface area contributed by atoms with Crippen molar-refractivity contribution in [3.05, 3.63) is 65.0 Å². The van der Waals surface area contributed by atoms with Gasteiger partial charge in [-0.1, -0.05) is 19.4 Å². The molecule has 0 N–H and O–H groups in total. The van der Waals surface area contributed by atoms with Gasteiger partial charge in [0.1, 0.15) is 17.7 Å². The maximum Gasteiger partial charge on any atom is 0.400 e. The zero-order valence-corrected chi connectivity index (χ0v) is 21.7. The molecule has 0 amide bonds. The largest absolute Gasteiger partial charge is 0.459 e. The highest BCUT2D eigenvalue weighted by Gasteiger charge is 2.45. The molecule has 8 heteroatoms. The minimum atomic E-state index is -3.47. The molecule has 4 rings (SSSR count). The highest BCUT2D eigenvalue weighted by molar-refractivity contribution is 5.89. The number of rotatable bonds is 9. The normalized spacial score (nSPS) is 24.2. The van der Waals surface area contributed by atoms with Crippen LogP contribution in [-0.2, 0) is 11.2 Å². The molecule has 0 saturated heterocycles. The molecule has 2 aromatic rings. The highest BCUT2D eigenvalue weighted by Crippen LogP contribution is 2.45. The molecule has 2 aliphatic carbocycles. The average molecular weight is 539 g/mol. The number of carbonyl (C=O) groups excluding carboxylic acids is 1. The van der Waals surface area contributed by atoms with Crippen molar-refractivity contribution >= 4 is 5.97 Å². The van der Waals surface area contributed by atoms with E-state index in [1.54, 1.807) is 6.07 Å². The number of unbranched alkanes of at least 4 members (excludes halogenated alkanes) is 1. The van der Waals surface area contributed by atoms with Crippen LogP contribution in [0.3, 0.4) is 0 Å². The average Bonchev–Trinajstić information content (AvgIpc) is 2.90. The van der Waals surface area contributed by atoms with E-state index >= 15 is 0 Å². The number of halogens is 5. The number of hydrogen-bond donors (Lipinski definition) is 0. The summed E-state index contributed by atoms with van der Waals surface area (Å²) < 4.78 is 80.7. The Labute approximate surface area is 220 Å². The van der Waals surface area contributed by atoms with Gasteiger partial charge in [0.25, 0.3) is 0 Å². The van der Waals surface area contributed by atoms with Gasteiger partial charge in [0.15, 0.2) is 11.6 Å². The van der Waals surface area contributed by atoms with Gasteiger partial charge in [0, 0.05) is 6.07 Å². The smallest absolute Gasteiger partial charge is 0.400 e. The molecule has 2 saturated carbocycles. The van der Waals surface area contributed by atoms with Gasteiger partial charge < -0.3 is 9.47 Å². The highest BCUT2D eigenvalue weighted by atomic mass is 19.3. The first kappa shape index (κ1) is 28.4. The van der Waals surface area contributed by atoms with E-state index in [1.165, 1.54) is 12.1 Å². The molecular weight excluding hydrogens is 503 g/mol. The molecular formula is C30H35F5O3. The number of carbonyl (C=O) groups is 1. The number of benzene rings is 2. The van der Waals surface area contributed by atoms with E-state index in [1.807, 2.05) is 0 Å². The maximum absolute atomic E-state index is 14.7. The molecule has 38 heavy (non-hydrogen) atoms. The van der Waals surface area contributed by atoms with Crippen molar-refractivity contribution < 1.29 is 36.2 Å². The summed E-state index contributed by atoms with van der Waals surface area (Å²) in [5.74, 6) is -4.26. The van der Waals surface area contributed by atoms with Crippen molar-refractivity contribution in [2.24, 2.45) is 17.8 Å². The number of ether oxygens (including phenoxy) is 2. The molecule has 2 aromatic carbocycles. The summed E-state index contributed by atoms with van der Waals surface area (Å²) in [7, 11) is 0. The van der Waals surface area contributed by atoms with E-state index in [4.69, 9.17) is 9.47 Å². The first-order valence-electron chi connectivity index (χ1n) is 13.7. The first-order valence-corrected chi connectivity index (χ1v) is 13.7. The Morgan fingerprint density at radius 1 is 0.842 bits per heavy atom. The fraction of sp³-hybridized carbons (Fsp3) is 0.567. The van der Waals surface area contributed by atoms with Gasteiger partial charge in [-0.15, -0.1) is 0 Å². The van der Waals surface area contributed by atoms with Crippen LogP contribution in [0.2, 0.25) is 0 Å². The topological polar surface area (TPSA) is 35.5 Å². The van der Waals surface area contributed by atoms with Crippen molar-refractivity contribution in [2.45, 2.75) is 89.8 Å². The van der Waals surface area contributed by atoms with Crippen LogP contribution in [0.15, 0.2) is 36.4 Å². The third-order valence-electron chi connectivity index (χ3n) is 8.12. The number of hydrogen-bond acceptors (Lipinski definition) is 3. The van der Waals surface area contributed by atoms with Crippen LogP contribution in [0.1, 0.15) is 87.1 Å². The molecule has 0 aromatic heterocycles. The minimum absolute atomic E-state index is 0.0442. The van der Waals surface area contributed by atoms with Crippen LogP contribution in [-0.4, -0.2) is 18.2 Å². The van der Waals surface area contributed by atoms with Crippen LogP contribution in [0, 0.1) is 35.2 Å². The third kappa shape index (κ3) is 7.06. The van der Waals surface area contributed by atoms with Gasteiger partial charge in [0.2, 0.25) is 0 Å². The van der Waals surface area contributed by atoms with Gasteiger partial charge in [-0.2, -0.15) is 8.78 Å². The second-order valence-electron chi connectivity index (χ2n) is 10.7. The molecule has 3 nitrogen and oxygen atoms in total. The van der Waals surface area contributed by atoms with Gasteiger partial charge in [-0.3, -0.25) is 0 Å². The zero-order valence-electron chi connectivity index (χ0n) is 21.7. The fourth-order valence-electron chi connectivity index (χ4n) is 5.86. The van der Waals surface area contributed by atoms with Crippen molar-refractivity contribution in [1.29, 1.82) is 0 Å².